The van der Waals surface area contributed by atoms with Crippen LogP contribution in [0.5, 0.6) is 0 Å². The molecule has 4 heterocycles. The summed E-state index contributed by atoms with van der Waals surface area (Å²) in [6, 6.07) is 4.65. The van der Waals surface area contributed by atoms with Crippen molar-refractivity contribution in [1.82, 2.24) is 24.5 Å². The smallest absolute Gasteiger partial charge is 0.224 e. The maximum atomic E-state index is 4.55. The first-order valence-electron chi connectivity index (χ1n) is 8.46. The van der Waals surface area contributed by atoms with Gasteiger partial charge in [-0.1, -0.05) is 0 Å². The zero-order chi connectivity index (χ0) is 17.2. The fraction of sp³-hybridized carbons (Fsp3) is 0.412. The van der Waals surface area contributed by atoms with E-state index in [1.54, 1.807) is 12.4 Å². The van der Waals surface area contributed by atoms with Crippen LogP contribution in [-0.2, 0) is 0 Å². The van der Waals surface area contributed by atoms with Gasteiger partial charge in [-0.25, -0.2) is 15.0 Å². The number of aromatic nitrogens is 5. The lowest BCUT2D eigenvalue weighted by Crippen LogP contribution is -2.19. The van der Waals surface area contributed by atoms with Crippen LogP contribution in [0.1, 0.15) is 26.3 Å². The average molecular weight is 355 g/mol. The number of imidazole rings is 1. The second-order valence-electron chi connectivity index (χ2n) is 6.40. The fourth-order valence-corrected chi connectivity index (χ4v) is 4.02. The molecule has 1 aliphatic heterocycles. The Morgan fingerprint density at radius 2 is 2.16 bits per heavy atom. The number of anilines is 3. The topological polar surface area (TPSA) is 80.5 Å². The van der Waals surface area contributed by atoms with Gasteiger partial charge in [0, 0.05) is 30.1 Å². The fourth-order valence-electron chi connectivity index (χ4n) is 2.87. The van der Waals surface area contributed by atoms with Crippen LogP contribution in [0.15, 0.2) is 30.9 Å². The Hall–Kier alpha value is -2.35. The lowest BCUT2D eigenvalue weighted by atomic mass is 10.3. The quantitative estimate of drug-likeness (QED) is 0.725. The summed E-state index contributed by atoms with van der Waals surface area (Å²) in [5.41, 5.74) is 1.95. The van der Waals surface area contributed by atoms with Gasteiger partial charge in [-0.3, -0.25) is 0 Å². The van der Waals surface area contributed by atoms with Crippen LogP contribution in [0, 0.1) is 0 Å². The van der Waals surface area contributed by atoms with E-state index in [9.17, 15) is 0 Å². The monoisotopic (exact) mass is 355 g/mol. The van der Waals surface area contributed by atoms with Crippen molar-refractivity contribution in [2.45, 2.75) is 32.4 Å². The molecule has 1 aliphatic rings. The van der Waals surface area contributed by atoms with Crippen molar-refractivity contribution in [2.75, 3.05) is 22.1 Å². The minimum atomic E-state index is 0.347. The minimum Gasteiger partial charge on any atom is -0.351 e. The van der Waals surface area contributed by atoms with Gasteiger partial charge < -0.3 is 15.2 Å². The highest BCUT2D eigenvalue weighted by atomic mass is 32.2. The molecule has 0 aromatic carbocycles. The summed E-state index contributed by atoms with van der Waals surface area (Å²) in [6.07, 6.45) is 6.56. The van der Waals surface area contributed by atoms with E-state index >= 15 is 0 Å². The van der Waals surface area contributed by atoms with E-state index in [-0.39, 0.29) is 0 Å². The Balaban J connectivity index is 1.55. The molecule has 0 spiro atoms. The molecule has 1 fully saturated rings. The molecular formula is C17H21N7S. The molecule has 1 atom stereocenters. The van der Waals surface area contributed by atoms with Gasteiger partial charge in [0.1, 0.15) is 17.2 Å². The Kier molecular flexibility index (Phi) is 4.44. The molecule has 4 rings (SSSR count). The van der Waals surface area contributed by atoms with Crippen molar-refractivity contribution in [2.24, 2.45) is 0 Å². The summed E-state index contributed by atoms with van der Waals surface area (Å²) in [7, 11) is 0. The standard InChI is InChI=1S/C17H21N7S/c1-11(2)24-10-20-13-8-19-16(7-14(13)24)22-15-3-5-18-17(23-15)21-12-4-6-25-9-12/h3,5,7-8,10-12H,4,6,9H2,1-2H3,(H2,18,19,21,22,23). The highest BCUT2D eigenvalue weighted by molar-refractivity contribution is 7.99. The molecule has 0 bridgehead atoms. The third kappa shape index (κ3) is 3.53. The second kappa shape index (κ2) is 6.87. The largest absolute Gasteiger partial charge is 0.351 e. The molecule has 1 saturated heterocycles. The predicted molar refractivity (Wildman–Crippen MR) is 103 cm³/mol. The Morgan fingerprint density at radius 3 is 2.96 bits per heavy atom. The van der Waals surface area contributed by atoms with E-state index in [1.807, 2.05) is 30.2 Å². The van der Waals surface area contributed by atoms with E-state index in [2.05, 4.69) is 49.0 Å². The van der Waals surface area contributed by atoms with E-state index in [4.69, 9.17) is 0 Å². The number of thioether (sulfide) groups is 1. The van der Waals surface area contributed by atoms with Gasteiger partial charge in [0.05, 0.1) is 18.0 Å². The average Bonchev–Trinajstić information content (AvgIpc) is 3.24. The van der Waals surface area contributed by atoms with Crippen molar-refractivity contribution < 1.29 is 0 Å². The molecule has 0 radical (unpaired) electrons. The highest BCUT2D eigenvalue weighted by Crippen LogP contribution is 2.23. The summed E-state index contributed by atoms with van der Waals surface area (Å²) in [5.74, 6) is 4.44. The summed E-state index contributed by atoms with van der Waals surface area (Å²) >= 11 is 1.96. The zero-order valence-corrected chi connectivity index (χ0v) is 15.1. The highest BCUT2D eigenvalue weighted by Gasteiger charge is 2.16. The lowest BCUT2D eigenvalue weighted by molar-refractivity contribution is 0.617. The van der Waals surface area contributed by atoms with Gasteiger partial charge in [0.2, 0.25) is 5.95 Å². The van der Waals surface area contributed by atoms with Crippen molar-refractivity contribution in [1.29, 1.82) is 0 Å². The summed E-state index contributed by atoms with van der Waals surface area (Å²) in [6.45, 7) is 4.27. The first-order chi connectivity index (χ1) is 12.2. The van der Waals surface area contributed by atoms with Crippen LogP contribution in [0.25, 0.3) is 11.0 Å². The van der Waals surface area contributed by atoms with Crippen molar-refractivity contribution in [3.05, 3.63) is 30.9 Å². The van der Waals surface area contributed by atoms with Crippen molar-refractivity contribution in [3.63, 3.8) is 0 Å². The van der Waals surface area contributed by atoms with Gasteiger partial charge in [-0.05, 0) is 32.1 Å². The summed E-state index contributed by atoms with van der Waals surface area (Å²) < 4.78 is 2.13. The molecule has 3 aromatic heterocycles. The first-order valence-corrected chi connectivity index (χ1v) is 9.61. The molecule has 130 valence electrons. The third-order valence-corrected chi connectivity index (χ3v) is 5.35. The van der Waals surface area contributed by atoms with Gasteiger partial charge in [0.15, 0.2) is 0 Å². The van der Waals surface area contributed by atoms with Crippen molar-refractivity contribution in [3.8, 4) is 0 Å². The molecule has 0 saturated carbocycles. The molecule has 0 aliphatic carbocycles. The molecule has 25 heavy (non-hydrogen) atoms. The molecular weight excluding hydrogens is 334 g/mol. The van der Waals surface area contributed by atoms with E-state index in [0.29, 0.717) is 18.0 Å². The van der Waals surface area contributed by atoms with Gasteiger partial charge in [0.25, 0.3) is 0 Å². The summed E-state index contributed by atoms with van der Waals surface area (Å²) in [4.78, 5) is 17.7. The van der Waals surface area contributed by atoms with Crippen LogP contribution < -0.4 is 10.6 Å². The molecule has 7 nitrogen and oxygen atoms in total. The van der Waals surface area contributed by atoms with E-state index in [1.165, 1.54) is 5.75 Å². The van der Waals surface area contributed by atoms with E-state index < -0.39 is 0 Å². The van der Waals surface area contributed by atoms with Crippen LogP contribution >= 0.6 is 11.8 Å². The number of pyridine rings is 1. The maximum Gasteiger partial charge on any atom is 0.224 e. The number of hydrogen-bond acceptors (Lipinski definition) is 7. The Labute approximate surface area is 150 Å². The number of hydrogen-bond donors (Lipinski definition) is 2. The summed E-state index contributed by atoms with van der Waals surface area (Å²) in [5, 5.41) is 6.67. The molecule has 3 aromatic rings. The van der Waals surface area contributed by atoms with Crippen molar-refractivity contribution >= 4 is 40.4 Å². The first kappa shape index (κ1) is 16.1. The van der Waals surface area contributed by atoms with Crippen LogP contribution in [0.2, 0.25) is 0 Å². The number of nitrogens with zero attached hydrogens (tertiary/aromatic N) is 5. The SMILES string of the molecule is CC(C)n1cnc2cnc(Nc3ccnc(NC4CCSC4)n3)cc21. The Bertz CT molecular complexity index is 870. The van der Waals surface area contributed by atoms with Gasteiger partial charge in [-0.2, -0.15) is 16.7 Å². The Morgan fingerprint density at radius 1 is 1.24 bits per heavy atom. The molecule has 1 unspecified atom stereocenters. The third-order valence-electron chi connectivity index (χ3n) is 4.19. The van der Waals surface area contributed by atoms with Crippen LogP contribution in [0.3, 0.4) is 0 Å². The lowest BCUT2D eigenvalue weighted by Gasteiger charge is -2.12. The van der Waals surface area contributed by atoms with Gasteiger partial charge >= 0.3 is 0 Å². The predicted octanol–water partition coefficient (Wildman–Crippen LogP) is 3.46. The molecule has 0 amide bonds. The van der Waals surface area contributed by atoms with Crippen LogP contribution in [-0.4, -0.2) is 42.1 Å². The maximum absolute atomic E-state index is 4.55. The molecule has 8 heteroatoms. The zero-order valence-electron chi connectivity index (χ0n) is 14.3. The number of nitrogens with one attached hydrogen (secondary N) is 2. The number of rotatable bonds is 5. The van der Waals surface area contributed by atoms with Gasteiger partial charge in [-0.15, -0.1) is 0 Å². The van der Waals surface area contributed by atoms with Crippen LogP contribution in [0.4, 0.5) is 17.6 Å². The minimum absolute atomic E-state index is 0.347. The molecule has 2 N–H and O–H groups in total. The van der Waals surface area contributed by atoms with E-state index in [0.717, 1.165) is 34.8 Å². The second-order valence-corrected chi connectivity index (χ2v) is 7.55. The normalized spacial score (nSPS) is 17.3. The number of fused-ring (bicyclic) bond motifs is 1.